The molecule has 100 valence electrons. The number of fused-ring (bicyclic) bond motifs is 1. The molecule has 1 unspecified atom stereocenters. The Balaban J connectivity index is 1.97. The molecule has 1 aromatic heterocycles. The summed E-state index contributed by atoms with van der Waals surface area (Å²) in [5.74, 6) is 0. The lowest BCUT2D eigenvalue weighted by molar-refractivity contribution is 0.195. The number of hydrogen-bond donors (Lipinski definition) is 1. The molecule has 3 rings (SSSR count). The fraction of sp³-hybridized carbons (Fsp3) is 0.118. The second-order valence-corrected chi connectivity index (χ2v) is 5.75. The van der Waals surface area contributed by atoms with Gasteiger partial charge in [0.1, 0.15) is 5.03 Å². The van der Waals surface area contributed by atoms with E-state index in [1.807, 2.05) is 24.3 Å². The van der Waals surface area contributed by atoms with Crippen molar-refractivity contribution in [2.75, 3.05) is 0 Å². The van der Waals surface area contributed by atoms with Gasteiger partial charge >= 0.3 is 0 Å². The van der Waals surface area contributed by atoms with E-state index in [1.165, 1.54) is 10.8 Å². The zero-order valence-electron chi connectivity index (χ0n) is 11.2. The molecule has 0 spiro atoms. The van der Waals surface area contributed by atoms with Crippen LogP contribution in [0.25, 0.3) is 10.8 Å². The number of aliphatic hydroxyl groups excluding tert-OH is 1. The van der Waals surface area contributed by atoms with Gasteiger partial charge in [0.05, 0.1) is 6.10 Å². The number of aliphatic hydroxyl groups is 1. The molecule has 3 aromatic rings. The fourth-order valence-electron chi connectivity index (χ4n) is 2.15. The molecule has 0 amide bonds. The van der Waals surface area contributed by atoms with Gasteiger partial charge in [-0.25, -0.2) is 4.98 Å². The summed E-state index contributed by atoms with van der Waals surface area (Å²) in [5, 5.41) is 13.1. The minimum Gasteiger partial charge on any atom is -0.389 e. The molecular weight excluding hydrogens is 266 g/mol. The molecule has 2 nitrogen and oxygen atoms in total. The summed E-state index contributed by atoms with van der Waals surface area (Å²) in [6, 6.07) is 18.4. The SMILES string of the molecule is CC(O)c1cccnc1Sc1ccc2ccccc2c1. The molecule has 20 heavy (non-hydrogen) atoms. The van der Waals surface area contributed by atoms with Gasteiger partial charge in [0.2, 0.25) is 0 Å². The molecule has 1 atom stereocenters. The lowest BCUT2D eigenvalue weighted by atomic mass is 10.1. The van der Waals surface area contributed by atoms with Gasteiger partial charge in [-0.3, -0.25) is 0 Å². The Morgan fingerprint density at radius 2 is 1.80 bits per heavy atom. The first kappa shape index (κ1) is 13.2. The summed E-state index contributed by atoms with van der Waals surface area (Å²) in [7, 11) is 0. The Morgan fingerprint density at radius 3 is 2.60 bits per heavy atom. The van der Waals surface area contributed by atoms with Crippen LogP contribution < -0.4 is 0 Å². The maximum Gasteiger partial charge on any atom is 0.106 e. The zero-order chi connectivity index (χ0) is 13.9. The molecule has 0 saturated heterocycles. The van der Waals surface area contributed by atoms with Crippen LogP contribution in [0.1, 0.15) is 18.6 Å². The van der Waals surface area contributed by atoms with Crippen molar-refractivity contribution in [1.82, 2.24) is 4.98 Å². The van der Waals surface area contributed by atoms with Gasteiger partial charge in [-0.2, -0.15) is 0 Å². The highest BCUT2D eigenvalue weighted by atomic mass is 32.2. The molecule has 0 radical (unpaired) electrons. The summed E-state index contributed by atoms with van der Waals surface area (Å²) in [6.07, 6.45) is 1.25. The highest BCUT2D eigenvalue weighted by Gasteiger charge is 2.10. The Hall–Kier alpha value is -1.84. The van der Waals surface area contributed by atoms with Gasteiger partial charge < -0.3 is 5.11 Å². The van der Waals surface area contributed by atoms with E-state index in [-0.39, 0.29) is 0 Å². The Bertz CT molecular complexity index is 740. The van der Waals surface area contributed by atoms with Crippen molar-refractivity contribution in [2.24, 2.45) is 0 Å². The van der Waals surface area contributed by atoms with Crippen molar-refractivity contribution in [3.63, 3.8) is 0 Å². The summed E-state index contributed by atoms with van der Waals surface area (Å²) < 4.78 is 0. The molecule has 0 aliphatic heterocycles. The average molecular weight is 281 g/mol. The predicted molar refractivity (Wildman–Crippen MR) is 82.9 cm³/mol. The molecule has 0 bridgehead atoms. The molecule has 0 fully saturated rings. The number of pyridine rings is 1. The van der Waals surface area contributed by atoms with Crippen molar-refractivity contribution < 1.29 is 5.11 Å². The van der Waals surface area contributed by atoms with Crippen molar-refractivity contribution >= 4 is 22.5 Å². The highest BCUT2D eigenvalue weighted by Crippen LogP contribution is 2.32. The second kappa shape index (κ2) is 5.65. The maximum atomic E-state index is 9.80. The number of aromatic nitrogens is 1. The standard InChI is InChI=1S/C17H15NOS/c1-12(19)16-7-4-10-18-17(16)20-15-9-8-13-5-2-3-6-14(13)11-15/h2-12,19H,1H3. The molecule has 1 N–H and O–H groups in total. The van der Waals surface area contributed by atoms with E-state index in [0.29, 0.717) is 0 Å². The van der Waals surface area contributed by atoms with E-state index in [4.69, 9.17) is 0 Å². The van der Waals surface area contributed by atoms with Crippen LogP contribution in [0.4, 0.5) is 0 Å². The van der Waals surface area contributed by atoms with E-state index < -0.39 is 6.10 Å². The van der Waals surface area contributed by atoms with Crippen LogP contribution in [0, 0.1) is 0 Å². The van der Waals surface area contributed by atoms with E-state index >= 15 is 0 Å². The summed E-state index contributed by atoms with van der Waals surface area (Å²) in [4.78, 5) is 5.51. The smallest absolute Gasteiger partial charge is 0.106 e. The minimum absolute atomic E-state index is 0.508. The van der Waals surface area contributed by atoms with Crippen LogP contribution in [0.5, 0.6) is 0 Å². The quantitative estimate of drug-likeness (QED) is 0.770. The normalized spacial score (nSPS) is 12.5. The Labute approximate surface area is 122 Å². The van der Waals surface area contributed by atoms with Crippen LogP contribution in [0.3, 0.4) is 0 Å². The molecular formula is C17H15NOS. The largest absolute Gasteiger partial charge is 0.389 e. The molecule has 2 aromatic carbocycles. The summed E-state index contributed by atoms with van der Waals surface area (Å²) in [6.45, 7) is 1.77. The zero-order valence-corrected chi connectivity index (χ0v) is 12.0. The van der Waals surface area contributed by atoms with Crippen LogP contribution in [-0.2, 0) is 0 Å². The number of benzene rings is 2. The van der Waals surface area contributed by atoms with E-state index in [2.05, 4.69) is 35.3 Å². The minimum atomic E-state index is -0.508. The van der Waals surface area contributed by atoms with Gasteiger partial charge in [0.25, 0.3) is 0 Å². The van der Waals surface area contributed by atoms with Gasteiger partial charge in [0.15, 0.2) is 0 Å². The van der Waals surface area contributed by atoms with Crippen molar-refractivity contribution in [3.8, 4) is 0 Å². The summed E-state index contributed by atoms with van der Waals surface area (Å²) >= 11 is 1.59. The van der Waals surface area contributed by atoms with E-state index in [9.17, 15) is 5.11 Å². The monoisotopic (exact) mass is 281 g/mol. The van der Waals surface area contributed by atoms with Crippen LogP contribution in [0.15, 0.2) is 70.7 Å². The lowest BCUT2D eigenvalue weighted by Gasteiger charge is -2.10. The number of hydrogen-bond acceptors (Lipinski definition) is 3. The average Bonchev–Trinajstić information content (AvgIpc) is 2.47. The Kier molecular flexibility index (Phi) is 3.72. The molecule has 0 aliphatic carbocycles. The molecule has 0 saturated carbocycles. The molecule has 0 aliphatic rings. The van der Waals surface area contributed by atoms with Crippen molar-refractivity contribution in [3.05, 3.63) is 66.4 Å². The third-order valence-corrected chi connectivity index (χ3v) is 4.21. The van der Waals surface area contributed by atoms with Gasteiger partial charge in [-0.05, 0) is 35.9 Å². The van der Waals surface area contributed by atoms with E-state index in [0.717, 1.165) is 15.5 Å². The van der Waals surface area contributed by atoms with E-state index in [1.54, 1.807) is 24.9 Å². The fourth-order valence-corrected chi connectivity index (χ4v) is 3.16. The van der Waals surface area contributed by atoms with Gasteiger partial charge in [-0.1, -0.05) is 48.2 Å². The van der Waals surface area contributed by atoms with Crippen LogP contribution in [0.2, 0.25) is 0 Å². The van der Waals surface area contributed by atoms with Crippen molar-refractivity contribution in [1.29, 1.82) is 0 Å². The maximum absolute atomic E-state index is 9.80. The third-order valence-electron chi connectivity index (χ3n) is 3.19. The number of nitrogens with zero attached hydrogens (tertiary/aromatic N) is 1. The van der Waals surface area contributed by atoms with Gasteiger partial charge in [0, 0.05) is 16.7 Å². The first-order valence-electron chi connectivity index (χ1n) is 6.54. The first-order valence-corrected chi connectivity index (χ1v) is 7.35. The second-order valence-electron chi connectivity index (χ2n) is 4.68. The number of rotatable bonds is 3. The lowest BCUT2D eigenvalue weighted by Crippen LogP contribution is -1.95. The molecule has 3 heteroatoms. The molecule has 1 heterocycles. The van der Waals surface area contributed by atoms with Crippen molar-refractivity contribution in [2.45, 2.75) is 22.9 Å². The summed E-state index contributed by atoms with van der Waals surface area (Å²) in [5.41, 5.74) is 0.866. The third kappa shape index (κ3) is 2.69. The topological polar surface area (TPSA) is 33.1 Å². The highest BCUT2D eigenvalue weighted by molar-refractivity contribution is 7.99. The first-order chi connectivity index (χ1) is 9.74. The van der Waals surface area contributed by atoms with Crippen LogP contribution >= 0.6 is 11.8 Å². The predicted octanol–water partition coefficient (Wildman–Crippen LogP) is 4.44. The Morgan fingerprint density at radius 1 is 1.00 bits per heavy atom. The van der Waals surface area contributed by atoms with Gasteiger partial charge in [-0.15, -0.1) is 0 Å². The van der Waals surface area contributed by atoms with Crippen LogP contribution in [-0.4, -0.2) is 10.1 Å².